The number of hydrogen-bond donors (Lipinski definition) is 0. The van der Waals surface area contributed by atoms with Crippen molar-refractivity contribution in [1.82, 2.24) is 19.3 Å². The molecule has 6 rings (SSSR count). The van der Waals surface area contributed by atoms with Gasteiger partial charge in [0, 0.05) is 25.5 Å². The van der Waals surface area contributed by atoms with Gasteiger partial charge in [-0.25, -0.2) is 9.78 Å². The Morgan fingerprint density at radius 3 is 2.72 bits per heavy atom. The summed E-state index contributed by atoms with van der Waals surface area (Å²) in [6, 6.07) is 8.51. The summed E-state index contributed by atoms with van der Waals surface area (Å²) < 4.78 is 12.9. The lowest BCUT2D eigenvalue weighted by Gasteiger charge is -2.38. The maximum atomic E-state index is 12.9. The lowest BCUT2D eigenvalue weighted by Crippen LogP contribution is -2.50. The van der Waals surface area contributed by atoms with E-state index in [0.717, 1.165) is 60.7 Å². The van der Waals surface area contributed by atoms with Gasteiger partial charge in [-0.3, -0.25) is 9.88 Å². The summed E-state index contributed by atoms with van der Waals surface area (Å²) in [4.78, 5) is 24.4. The molecule has 0 unspecified atom stereocenters. The number of hydrogen-bond acceptors (Lipinski definition) is 6. The normalized spacial score (nSPS) is 17.6. The van der Waals surface area contributed by atoms with Crippen LogP contribution in [-0.4, -0.2) is 51.6 Å². The molecule has 3 aromatic heterocycles. The highest BCUT2D eigenvalue weighted by atomic mass is 16.5. The molecule has 2 aliphatic heterocycles. The molecule has 0 N–H and O–H groups in total. The summed E-state index contributed by atoms with van der Waals surface area (Å²) in [6.07, 6.45) is 7.04. The number of aromatic nitrogens is 3. The fraction of sp³-hybridized carbons (Fsp3) is 0.320. The van der Waals surface area contributed by atoms with Gasteiger partial charge in [0.1, 0.15) is 5.69 Å². The first-order valence-electron chi connectivity index (χ1n) is 11.0. The molecule has 162 valence electrons. The number of fused-ring (bicyclic) bond motifs is 2. The summed E-state index contributed by atoms with van der Waals surface area (Å²) in [7, 11) is 0. The van der Waals surface area contributed by atoms with Crippen LogP contribution in [0.15, 0.2) is 51.9 Å². The number of ether oxygens (including phenoxy) is 1. The molecule has 2 aliphatic rings. The second kappa shape index (κ2) is 7.39. The third kappa shape index (κ3) is 3.25. The summed E-state index contributed by atoms with van der Waals surface area (Å²) in [5.41, 5.74) is 5.17. The molecular weight excluding hydrogens is 404 g/mol. The van der Waals surface area contributed by atoms with Crippen molar-refractivity contribution >= 4 is 22.0 Å². The fourth-order valence-corrected chi connectivity index (χ4v) is 4.65. The molecule has 0 atom stereocenters. The Morgan fingerprint density at radius 1 is 1.09 bits per heavy atom. The average molecular weight is 428 g/mol. The molecule has 4 aromatic rings. The standard InChI is InChI=1S/C25H24N4O3/c1-15-11-29-12-22(27-24(29)16(2)26-15)23-10-19-4-3-18(9-21(19)25(30)32-23)17-5-7-28(8-6-17)20-13-31-14-20/h3-5,9-12,20H,6-8,13-14H2,1-2H3. The molecule has 0 amide bonds. The van der Waals surface area contributed by atoms with Gasteiger partial charge in [-0.1, -0.05) is 18.2 Å². The van der Waals surface area contributed by atoms with E-state index in [1.807, 2.05) is 48.8 Å². The Bertz CT molecular complexity index is 1450. The van der Waals surface area contributed by atoms with E-state index in [2.05, 4.69) is 27.0 Å². The third-order valence-corrected chi connectivity index (χ3v) is 6.49. The molecule has 0 aliphatic carbocycles. The van der Waals surface area contributed by atoms with E-state index in [1.165, 1.54) is 5.57 Å². The van der Waals surface area contributed by atoms with Crippen LogP contribution in [0.4, 0.5) is 0 Å². The van der Waals surface area contributed by atoms with Gasteiger partial charge < -0.3 is 13.6 Å². The molecule has 1 aromatic carbocycles. The van der Waals surface area contributed by atoms with Crippen molar-refractivity contribution in [2.75, 3.05) is 26.3 Å². The van der Waals surface area contributed by atoms with Crippen molar-refractivity contribution in [2.45, 2.75) is 26.3 Å². The van der Waals surface area contributed by atoms with E-state index in [-0.39, 0.29) is 5.63 Å². The number of aryl methyl sites for hydroxylation is 2. The van der Waals surface area contributed by atoms with Crippen molar-refractivity contribution in [3.63, 3.8) is 0 Å². The third-order valence-electron chi connectivity index (χ3n) is 6.49. The van der Waals surface area contributed by atoms with Crippen LogP contribution in [-0.2, 0) is 4.74 Å². The van der Waals surface area contributed by atoms with Crippen molar-refractivity contribution in [1.29, 1.82) is 0 Å². The molecule has 0 saturated carbocycles. The van der Waals surface area contributed by atoms with Gasteiger partial charge >= 0.3 is 5.63 Å². The number of nitrogens with zero attached hydrogens (tertiary/aromatic N) is 4. The molecule has 5 heterocycles. The highest BCUT2D eigenvalue weighted by Crippen LogP contribution is 2.28. The van der Waals surface area contributed by atoms with Crippen molar-refractivity contribution in [3.8, 4) is 11.5 Å². The molecule has 7 heteroatoms. The summed E-state index contributed by atoms with van der Waals surface area (Å²) in [5.74, 6) is 0.464. The number of imidazole rings is 1. The SMILES string of the molecule is Cc1cn2cc(-c3cc4ccc(C5=CCN(C6COC6)CC5)cc4c(=O)o3)nc2c(C)n1. The minimum Gasteiger partial charge on any atom is -0.421 e. The van der Waals surface area contributed by atoms with Crippen LogP contribution in [0, 0.1) is 13.8 Å². The van der Waals surface area contributed by atoms with Gasteiger partial charge in [0.25, 0.3) is 0 Å². The van der Waals surface area contributed by atoms with E-state index in [0.29, 0.717) is 22.9 Å². The molecule has 0 spiro atoms. The van der Waals surface area contributed by atoms with Gasteiger partial charge in [-0.15, -0.1) is 0 Å². The largest absolute Gasteiger partial charge is 0.421 e. The topological polar surface area (TPSA) is 72.9 Å². The van der Waals surface area contributed by atoms with E-state index < -0.39 is 0 Å². The predicted molar refractivity (Wildman–Crippen MR) is 123 cm³/mol. The Labute approximate surface area is 185 Å². The monoisotopic (exact) mass is 428 g/mol. The van der Waals surface area contributed by atoms with Crippen LogP contribution < -0.4 is 5.63 Å². The maximum absolute atomic E-state index is 12.9. The van der Waals surface area contributed by atoms with Crippen LogP contribution in [0.2, 0.25) is 0 Å². The van der Waals surface area contributed by atoms with Gasteiger partial charge in [-0.05, 0) is 48.9 Å². The summed E-state index contributed by atoms with van der Waals surface area (Å²) >= 11 is 0. The molecule has 1 saturated heterocycles. The fourth-order valence-electron chi connectivity index (χ4n) is 4.65. The first-order valence-corrected chi connectivity index (χ1v) is 11.0. The van der Waals surface area contributed by atoms with Gasteiger partial charge in [-0.2, -0.15) is 0 Å². The minimum atomic E-state index is -0.341. The van der Waals surface area contributed by atoms with Gasteiger partial charge in [0.15, 0.2) is 11.4 Å². The average Bonchev–Trinajstić information content (AvgIpc) is 3.17. The number of benzene rings is 1. The van der Waals surface area contributed by atoms with Crippen molar-refractivity contribution in [3.05, 3.63) is 70.1 Å². The summed E-state index contributed by atoms with van der Waals surface area (Å²) in [5, 5.41) is 1.45. The van der Waals surface area contributed by atoms with E-state index in [9.17, 15) is 4.79 Å². The van der Waals surface area contributed by atoms with Crippen LogP contribution in [0.1, 0.15) is 23.4 Å². The molecule has 1 fully saturated rings. The Kier molecular flexibility index (Phi) is 4.48. The van der Waals surface area contributed by atoms with E-state index >= 15 is 0 Å². The zero-order chi connectivity index (χ0) is 21.8. The minimum absolute atomic E-state index is 0.341. The first-order chi connectivity index (χ1) is 15.5. The van der Waals surface area contributed by atoms with Crippen LogP contribution in [0.25, 0.3) is 33.4 Å². The molecular formula is C25H24N4O3. The van der Waals surface area contributed by atoms with E-state index in [1.54, 1.807) is 0 Å². The van der Waals surface area contributed by atoms with Gasteiger partial charge in [0.2, 0.25) is 0 Å². The number of rotatable bonds is 3. The summed E-state index contributed by atoms with van der Waals surface area (Å²) in [6.45, 7) is 7.50. The zero-order valence-corrected chi connectivity index (χ0v) is 18.2. The molecule has 7 nitrogen and oxygen atoms in total. The Hall–Kier alpha value is -3.29. The molecule has 0 bridgehead atoms. The highest BCUT2D eigenvalue weighted by molar-refractivity contribution is 5.87. The highest BCUT2D eigenvalue weighted by Gasteiger charge is 2.27. The smallest absolute Gasteiger partial charge is 0.344 e. The lowest BCUT2D eigenvalue weighted by atomic mass is 9.96. The van der Waals surface area contributed by atoms with E-state index in [4.69, 9.17) is 9.15 Å². The Balaban J connectivity index is 1.34. The van der Waals surface area contributed by atoms with Crippen LogP contribution >= 0.6 is 0 Å². The van der Waals surface area contributed by atoms with Crippen LogP contribution in [0.3, 0.4) is 0 Å². The molecule has 32 heavy (non-hydrogen) atoms. The quantitative estimate of drug-likeness (QED) is 0.496. The Morgan fingerprint density at radius 2 is 1.97 bits per heavy atom. The lowest BCUT2D eigenvalue weighted by molar-refractivity contribution is -0.0612. The van der Waals surface area contributed by atoms with Crippen molar-refractivity contribution < 1.29 is 9.15 Å². The first kappa shape index (κ1) is 19.4. The second-order valence-corrected chi connectivity index (χ2v) is 8.69. The predicted octanol–water partition coefficient (Wildman–Crippen LogP) is 3.61. The van der Waals surface area contributed by atoms with Crippen molar-refractivity contribution in [2.24, 2.45) is 0 Å². The second-order valence-electron chi connectivity index (χ2n) is 8.69. The maximum Gasteiger partial charge on any atom is 0.344 e. The van der Waals surface area contributed by atoms with Crippen LogP contribution in [0.5, 0.6) is 0 Å². The zero-order valence-electron chi connectivity index (χ0n) is 18.2. The molecule has 0 radical (unpaired) electrons. The van der Waals surface area contributed by atoms with Gasteiger partial charge in [0.05, 0.1) is 36.0 Å².